The Morgan fingerprint density at radius 3 is 2.65 bits per heavy atom. The second-order valence-electron chi connectivity index (χ2n) is 5.77. The Hall–Kier alpha value is -2.70. The zero-order chi connectivity index (χ0) is 18.1. The van der Waals surface area contributed by atoms with Crippen LogP contribution in [0.1, 0.15) is 15.9 Å². The molecule has 0 aliphatic heterocycles. The van der Waals surface area contributed by atoms with E-state index in [9.17, 15) is 4.79 Å². The molecule has 2 aromatic carbocycles. The summed E-state index contributed by atoms with van der Waals surface area (Å²) in [4.78, 5) is 20.6. The number of benzene rings is 2. The normalized spacial score (nSPS) is 11.0. The largest absolute Gasteiger partial charge is 0.298 e. The average molecular weight is 381 g/mol. The molecule has 0 aliphatic rings. The summed E-state index contributed by atoms with van der Waals surface area (Å²) >= 11 is 7.17. The number of pyridine rings is 1. The van der Waals surface area contributed by atoms with Gasteiger partial charge in [0.15, 0.2) is 12.1 Å². The minimum absolute atomic E-state index is 0.497. The van der Waals surface area contributed by atoms with Gasteiger partial charge >= 0.3 is 0 Å². The Morgan fingerprint density at radius 1 is 1.08 bits per heavy atom. The zero-order valence-corrected chi connectivity index (χ0v) is 15.3. The van der Waals surface area contributed by atoms with Crippen LogP contribution in [0, 0.1) is 6.92 Å². The molecule has 0 bridgehead atoms. The molecule has 5 nitrogen and oxygen atoms in total. The lowest BCUT2D eigenvalue weighted by Gasteiger charge is -2.05. The fourth-order valence-electron chi connectivity index (χ4n) is 2.58. The molecule has 26 heavy (non-hydrogen) atoms. The Kier molecular flexibility index (Phi) is 4.44. The van der Waals surface area contributed by atoms with Gasteiger partial charge in [-0.1, -0.05) is 23.2 Å². The second-order valence-corrected chi connectivity index (χ2v) is 7.16. The van der Waals surface area contributed by atoms with Gasteiger partial charge in [0.05, 0.1) is 5.52 Å². The number of aromatic nitrogens is 4. The summed E-state index contributed by atoms with van der Waals surface area (Å²) in [7, 11) is 0. The van der Waals surface area contributed by atoms with Crippen LogP contribution in [0.4, 0.5) is 0 Å². The number of carbonyl (C=O) groups excluding carboxylic acids is 1. The van der Waals surface area contributed by atoms with Crippen molar-refractivity contribution in [3.63, 3.8) is 0 Å². The van der Waals surface area contributed by atoms with E-state index in [-0.39, 0.29) is 0 Å². The smallest absolute Gasteiger partial charge is 0.215 e. The van der Waals surface area contributed by atoms with Gasteiger partial charge in [0.25, 0.3) is 0 Å². The van der Waals surface area contributed by atoms with Gasteiger partial charge in [-0.15, -0.1) is 5.10 Å². The molecule has 4 aromatic rings. The molecule has 2 aromatic heterocycles. The third kappa shape index (κ3) is 3.34. The van der Waals surface area contributed by atoms with Crippen molar-refractivity contribution in [1.29, 1.82) is 0 Å². The standard InChI is InChI=1S/C19H13ClN4OS/c1-11-2-7-16-13(8-11)9-14(10-25)18(21-16)26-19-22-17(23-24-19)12-3-5-15(20)6-4-12/h2-10H,1H3,(H,22,23,24). The molecule has 0 radical (unpaired) electrons. The van der Waals surface area contributed by atoms with E-state index in [1.807, 2.05) is 43.3 Å². The fourth-order valence-corrected chi connectivity index (χ4v) is 3.47. The van der Waals surface area contributed by atoms with Gasteiger partial charge in [0.1, 0.15) is 5.03 Å². The summed E-state index contributed by atoms with van der Waals surface area (Å²) < 4.78 is 0. The first-order chi connectivity index (χ1) is 12.6. The molecule has 0 fully saturated rings. The van der Waals surface area contributed by atoms with Crippen LogP contribution >= 0.6 is 23.4 Å². The van der Waals surface area contributed by atoms with Crippen LogP contribution in [-0.2, 0) is 0 Å². The molecule has 0 atom stereocenters. The van der Waals surface area contributed by atoms with Gasteiger partial charge in [-0.3, -0.25) is 9.89 Å². The summed E-state index contributed by atoms with van der Waals surface area (Å²) in [5.41, 5.74) is 3.35. The highest BCUT2D eigenvalue weighted by molar-refractivity contribution is 7.99. The highest BCUT2D eigenvalue weighted by atomic mass is 35.5. The summed E-state index contributed by atoms with van der Waals surface area (Å²) in [6.07, 6.45) is 0.809. The summed E-state index contributed by atoms with van der Waals surface area (Å²) in [5, 5.41) is 9.80. The van der Waals surface area contributed by atoms with E-state index in [0.29, 0.717) is 26.6 Å². The maximum absolute atomic E-state index is 11.5. The maximum atomic E-state index is 11.5. The van der Waals surface area contributed by atoms with E-state index in [0.717, 1.165) is 28.3 Å². The first kappa shape index (κ1) is 16.8. The number of hydrogen-bond acceptors (Lipinski definition) is 5. The summed E-state index contributed by atoms with van der Waals surface area (Å²) in [6.45, 7) is 2.01. The van der Waals surface area contributed by atoms with Crippen molar-refractivity contribution in [3.05, 3.63) is 64.7 Å². The lowest BCUT2D eigenvalue weighted by Crippen LogP contribution is -1.92. The SMILES string of the molecule is Cc1ccc2nc(Sc3n[nH]c(-c4ccc(Cl)cc4)n3)c(C=O)cc2c1. The van der Waals surface area contributed by atoms with Crippen molar-refractivity contribution in [3.8, 4) is 11.4 Å². The van der Waals surface area contributed by atoms with Crippen LogP contribution in [0.15, 0.2) is 58.7 Å². The number of halogens is 1. The van der Waals surface area contributed by atoms with Gasteiger partial charge in [-0.2, -0.15) is 0 Å². The molecule has 7 heteroatoms. The number of aromatic amines is 1. The van der Waals surface area contributed by atoms with Crippen molar-refractivity contribution in [2.45, 2.75) is 17.1 Å². The first-order valence-corrected chi connectivity index (χ1v) is 9.04. The Balaban J connectivity index is 1.67. The van der Waals surface area contributed by atoms with E-state index in [1.54, 1.807) is 12.1 Å². The van der Waals surface area contributed by atoms with Crippen LogP contribution in [-0.4, -0.2) is 26.5 Å². The Bertz CT molecular complexity index is 1110. The van der Waals surface area contributed by atoms with Gasteiger partial charge in [0, 0.05) is 21.5 Å². The van der Waals surface area contributed by atoms with Crippen LogP contribution < -0.4 is 0 Å². The monoisotopic (exact) mass is 380 g/mol. The number of carbonyl (C=O) groups is 1. The number of aldehydes is 1. The number of H-pyrrole nitrogens is 1. The first-order valence-electron chi connectivity index (χ1n) is 7.85. The molecule has 2 heterocycles. The van der Waals surface area contributed by atoms with Crippen molar-refractivity contribution < 1.29 is 4.79 Å². The van der Waals surface area contributed by atoms with Gasteiger partial charge in [-0.25, -0.2) is 9.97 Å². The molecule has 0 amide bonds. The van der Waals surface area contributed by atoms with Crippen molar-refractivity contribution in [2.24, 2.45) is 0 Å². The zero-order valence-electron chi connectivity index (χ0n) is 13.7. The van der Waals surface area contributed by atoms with Crippen LogP contribution in [0.25, 0.3) is 22.3 Å². The van der Waals surface area contributed by atoms with Gasteiger partial charge in [0.2, 0.25) is 5.16 Å². The van der Waals surface area contributed by atoms with E-state index >= 15 is 0 Å². The highest BCUT2D eigenvalue weighted by Gasteiger charge is 2.13. The number of hydrogen-bond donors (Lipinski definition) is 1. The average Bonchev–Trinajstić information content (AvgIpc) is 3.10. The maximum Gasteiger partial charge on any atom is 0.215 e. The second kappa shape index (κ2) is 6.90. The van der Waals surface area contributed by atoms with E-state index in [1.165, 1.54) is 11.8 Å². The summed E-state index contributed by atoms with van der Waals surface area (Å²) in [5.74, 6) is 0.633. The molecule has 0 spiro atoms. The number of nitrogens with zero attached hydrogens (tertiary/aromatic N) is 3. The van der Waals surface area contributed by atoms with Crippen molar-refractivity contribution >= 4 is 40.6 Å². The lowest BCUT2D eigenvalue weighted by atomic mass is 10.1. The third-order valence-corrected chi connectivity index (χ3v) is 5.00. The summed E-state index contributed by atoms with van der Waals surface area (Å²) in [6, 6.07) is 15.1. The molecule has 0 aliphatic carbocycles. The van der Waals surface area contributed by atoms with Gasteiger partial charge in [-0.05, 0) is 61.2 Å². The number of fused-ring (bicyclic) bond motifs is 1. The van der Waals surface area contributed by atoms with Crippen LogP contribution in [0.3, 0.4) is 0 Å². The van der Waals surface area contributed by atoms with Gasteiger partial charge < -0.3 is 0 Å². The molecule has 0 unspecified atom stereocenters. The quantitative estimate of drug-likeness (QED) is 0.507. The number of nitrogens with one attached hydrogen (secondary N) is 1. The molecule has 0 saturated heterocycles. The van der Waals surface area contributed by atoms with E-state index in [4.69, 9.17) is 11.6 Å². The molecule has 4 rings (SSSR count). The predicted octanol–water partition coefficient (Wildman–Crippen LogP) is 4.95. The van der Waals surface area contributed by atoms with Crippen molar-refractivity contribution in [1.82, 2.24) is 20.2 Å². The molecule has 0 saturated carbocycles. The molecular formula is C19H13ClN4OS. The Labute approximate surface area is 158 Å². The molecule has 128 valence electrons. The van der Waals surface area contributed by atoms with Crippen molar-refractivity contribution in [2.75, 3.05) is 0 Å². The molecular weight excluding hydrogens is 368 g/mol. The van der Waals surface area contributed by atoms with E-state index in [2.05, 4.69) is 20.2 Å². The lowest BCUT2D eigenvalue weighted by molar-refractivity contribution is 0.112. The Morgan fingerprint density at radius 2 is 1.88 bits per heavy atom. The highest BCUT2D eigenvalue weighted by Crippen LogP contribution is 2.30. The minimum Gasteiger partial charge on any atom is -0.298 e. The van der Waals surface area contributed by atoms with E-state index < -0.39 is 0 Å². The minimum atomic E-state index is 0.497. The predicted molar refractivity (Wildman–Crippen MR) is 103 cm³/mol. The number of aryl methyl sites for hydroxylation is 1. The fraction of sp³-hybridized carbons (Fsp3) is 0.0526. The topological polar surface area (TPSA) is 71.5 Å². The molecule has 1 N–H and O–H groups in total. The number of rotatable bonds is 4. The third-order valence-electron chi connectivity index (χ3n) is 3.86. The van der Waals surface area contributed by atoms with Crippen LogP contribution in [0.5, 0.6) is 0 Å². The van der Waals surface area contributed by atoms with Crippen LogP contribution in [0.2, 0.25) is 5.02 Å².